The van der Waals surface area contributed by atoms with Crippen LogP contribution in [0.5, 0.6) is 5.75 Å². The topological polar surface area (TPSA) is 216 Å². The molecule has 0 bridgehead atoms. The van der Waals surface area contributed by atoms with Gasteiger partial charge in [-0.1, -0.05) is 46.8 Å². The second kappa shape index (κ2) is 13.8. The number of nitrogens with one attached hydrogen (secondary N) is 1. The van der Waals surface area contributed by atoms with Crippen LogP contribution in [0.1, 0.15) is 78.5 Å². The fraction of sp³-hybridized carbons (Fsp3) is 0.543. The lowest BCUT2D eigenvalue weighted by Crippen LogP contribution is -2.51. The van der Waals surface area contributed by atoms with Gasteiger partial charge in [0.2, 0.25) is 11.2 Å². The van der Waals surface area contributed by atoms with Crippen molar-refractivity contribution in [2.45, 2.75) is 108 Å². The molecule has 7 atom stereocenters. The average molecular weight is 739 g/mol. The molecule has 3 aromatic rings. The molecule has 6 rings (SSSR count). The fourth-order valence-corrected chi connectivity index (χ4v) is 7.88. The second-order valence-corrected chi connectivity index (χ2v) is 15.9. The molecule has 16 nitrogen and oxygen atoms in total. The standard InChI is InChI=1S/C35H43N6O10P/c1-7-26(42)47-32-34(18-36,25-16-15-24-30(37)38-19-39-41(24)25)49-28-29(35(28,32)48-27(43)8-2)51-52(45,40-20(3)31(44)46-17-21-9-10-21)50-23-13-11-22(12-14-23)33(4,5)6/h11-16,19-21,28-29,32H,7-10,17H2,1-6H3,(H,40,45)(H2,37,38,39). The number of ether oxygens (including phenoxy) is 4. The summed E-state index contributed by atoms with van der Waals surface area (Å²) in [6.45, 7) is 10.9. The number of esters is 3. The van der Waals surface area contributed by atoms with Crippen molar-refractivity contribution in [1.82, 2.24) is 19.7 Å². The van der Waals surface area contributed by atoms with Crippen LogP contribution < -0.4 is 15.3 Å². The number of carbonyl (C=O) groups is 3. The molecular formula is C35H43N6O10P. The van der Waals surface area contributed by atoms with Gasteiger partial charge < -0.3 is 29.2 Å². The van der Waals surface area contributed by atoms with Gasteiger partial charge in [0.05, 0.1) is 12.3 Å². The predicted octanol–water partition coefficient (Wildman–Crippen LogP) is 4.26. The van der Waals surface area contributed by atoms with Crippen LogP contribution in [0.4, 0.5) is 5.82 Å². The van der Waals surface area contributed by atoms with E-state index in [1.165, 1.54) is 23.8 Å². The van der Waals surface area contributed by atoms with E-state index in [0.717, 1.165) is 18.4 Å². The molecule has 0 spiro atoms. The molecule has 52 heavy (non-hydrogen) atoms. The SMILES string of the molecule is CCC(=O)OC1C(C#N)(c2ccc3c(N)ncnn23)OC2C(OP(=O)(NC(C)C(=O)OCC3CC3)Oc3ccc(C(C)(C)C)cc3)C21OC(=O)CC. The smallest absolute Gasteiger partial charge is 0.459 e. The fourth-order valence-electron chi connectivity index (χ4n) is 6.17. The van der Waals surface area contributed by atoms with E-state index in [0.29, 0.717) is 5.52 Å². The van der Waals surface area contributed by atoms with Crippen molar-refractivity contribution < 1.29 is 46.9 Å². The summed E-state index contributed by atoms with van der Waals surface area (Å²) in [5.74, 6) is -1.62. The van der Waals surface area contributed by atoms with Gasteiger partial charge in [-0.15, -0.1) is 0 Å². The maximum Gasteiger partial charge on any atom is 0.459 e. The number of rotatable bonds is 14. The van der Waals surface area contributed by atoms with E-state index >= 15 is 0 Å². The van der Waals surface area contributed by atoms with E-state index in [4.69, 9.17) is 33.7 Å². The van der Waals surface area contributed by atoms with E-state index in [-0.39, 0.29) is 48.0 Å². The molecule has 0 amide bonds. The van der Waals surface area contributed by atoms with Crippen LogP contribution >= 0.6 is 7.75 Å². The van der Waals surface area contributed by atoms with Crippen molar-refractivity contribution in [3.05, 3.63) is 54.0 Å². The maximum absolute atomic E-state index is 14.8. The summed E-state index contributed by atoms with van der Waals surface area (Å²) >= 11 is 0. The molecule has 3 fully saturated rings. The monoisotopic (exact) mass is 738 g/mol. The van der Waals surface area contributed by atoms with Gasteiger partial charge >= 0.3 is 25.7 Å². The van der Waals surface area contributed by atoms with Crippen LogP contribution in [-0.4, -0.2) is 69.1 Å². The molecule has 1 aromatic carbocycles. The van der Waals surface area contributed by atoms with Crippen LogP contribution in [0.15, 0.2) is 42.7 Å². The lowest BCUT2D eigenvalue weighted by Gasteiger charge is -2.34. The summed E-state index contributed by atoms with van der Waals surface area (Å²) in [4.78, 5) is 43.1. The lowest BCUT2D eigenvalue weighted by molar-refractivity contribution is -0.183. The normalized spacial score (nSPS) is 26.8. The summed E-state index contributed by atoms with van der Waals surface area (Å²) in [6, 6.07) is 10.9. The number of anilines is 1. The zero-order valence-electron chi connectivity index (χ0n) is 29.9. The summed E-state index contributed by atoms with van der Waals surface area (Å²) in [5.41, 5.74) is 3.21. The highest BCUT2D eigenvalue weighted by atomic mass is 31.2. The highest BCUT2D eigenvalue weighted by Gasteiger charge is 2.88. The van der Waals surface area contributed by atoms with Gasteiger partial charge in [-0.25, -0.2) is 14.1 Å². The summed E-state index contributed by atoms with van der Waals surface area (Å²) < 4.78 is 52.0. The van der Waals surface area contributed by atoms with Gasteiger partial charge in [0.1, 0.15) is 41.9 Å². The van der Waals surface area contributed by atoms with Gasteiger partial charge in [-0.2, -0.15) is 15.4 Å². The third-order valence-corrected chi connectivity index (χ3v) is 11.0. The van der Waals surface area contributed by atoms with Crippen molar-refractivity contribution in [3.8, 4) is 11.8 Å². The van der Waals surface area contributed by atoms with E-state index in [9.17, 15) is 24.2 Å². The minimum absolute atomic E-state index is 0.106. The molecule has 1 saturated heterocycles. The van der Waals surface area contributed by atoms with Gasteiger partial charge in [-0.05, 0) is 60.9 Å². The van der Waals surface area contributed by atoms with E-state index < -0.39 is 61.2 Å². The first kappa shape index (κ1) is 37.2. The summed E-state index contributed by atoms with van der Waals surface area (Å²) in [7, 11) is -4.59. The molecule has 2 saturated carbocycles. The Morgan fingerprint density at radius 1 is 1.13 bits per heavy atom. The number of aromatic nitrogens is 3. The highest BCUT2D eigenvalue weighted by molar-refractivity contribution is 7.52. The molecule has 0 radical (unpaired) electrons. The van der Waals surface area contributed by atoms with Crippen LogP contribution in [0.25, 0.3) is 5.52 Å². The number of hydrogen-bond acceptors (Lipinski definition) is 14. The molecule has 278 valence electrons. The molecule has 3 heterocycles. The van der Waals surface area contributed by atoms with Crippen molar-refractivity contribution in [2.24, 2.45) is 5.92 Å². The molecule has 3 N–H and O–H groups in total. The molecule has 3 aliphatic rings. The number of nitrogens with two attached hydrogens (primary N) is 1. The first-order valence-electron chi connectivity index (χ1n) is 17.2. The minimum Gasteiger partial charge on any atom is -0.464 e. The van der Waals surface area contributed by atoms with Crippen molar-refractivity contribution >= 4 is 37.0 Å². The quantitative estimate of drug-likeness (QED) is 0.134. The van der Waals surface area contributed by atoms with Gasteiger partial charge in [0.25, 0.3) is 0 Å². The zero-order chi connectivity index (χ0) is 37.6. The molecular weight excluding hydrogens is 695 g/mol. The first-order valence-corrected chi connectivity index (χ1v) is 18.8. The maximum atomic E-state index is 14.8. The van der Waals surface area contributed by atoms with Crippen LogP contribution in [0, 0.1) is 17.2 Å². The number of nitrogen functional groups attached to an aromatic ring is 1. The minimum atomic E-state index is -4.59. The lowest BCUT2D eigenvalue weighted by atomic mass is 9.87. The Morgan fingerprint density at radius 3 is 2.44 bits per heavy atom. The van der Waals surface area contributed by atoms with E-state index in [1.54, 1.807) is 32.0 Å². The number of nitriles is 1. The number of nitrogens with zero attached hydrogens (tertiary/aromatic N) is 4. The molecule has 7 unspecified atom stereocenters. The van der Waals surface area contributed by atoms with Gasteiger partial charge in [0, 0.05) is 12.8 Å². The zero-order valence-corrected chi connectivity index (χ0v) is 30.8. The Labute approximate surface area is 300 Å². The van der Waals surface area contributed by atoms with Crippen molar-refractivity contribution in [1.29, 1.82) is 5.26 Å². The van der Waals surface area contributed by atoms with Crippen LogP contribution in [0.3, 0.4) is 0 Å². The predicted molar refractivity (Wildman–Crippen MR) is 183 cm³/mol. The first-order chi connectivity index (χ1) is 24.6. The second-order valence-electron chi connectivity index (χ2n) is 14.3. The summed E-state index contributed by atoms with van der Waals surface area (Å²) in [5, 5.41) is 17.7. The third kappa shape index (κ3) is 6.86. The number of fused-ring (bicyclic) bond motifs is 2. The molecule has 2 aromatic heterocycles. The number of benzene rings is 1. The Hall–Kier alpha value is -4.55. The van der Waals surface area contributed by atoms with Crippen LogP contribution in [0.2, 0.25) is 0 Å². The Kier molecular flexibility index (Phi) is 9.86. The van der Waals surface area contributed by atoms with E-state index in [1.807, 2.05) is 32.9 Å². The third-order valence-electron chi connectivity index (χ3n) is 9.35. The Balaban J connectivity index is 1.39. The van der Waals surface area contributed by atoms with Gasteiger partial charge in [-0.3, -0.25) is 18.9 Å². The van der Waals surface area contributed by atoms with E-state index in [2.05, 4.69) is 21.2 Å². The Morgan fingerprint density at radius 2 is 1.83 bits per heavy atom. The highest BCUT2D eigenvalue weighted by Crippen LogP contribution is 2.66. The molecule has 1 aliphatic heterocycles. The summed E-state index contributed by atoms with van der Waals surface area (Å²) in [6.07, 6.45) is -1.49. The van der Waals surface area contributed by atoms with Crippen molar-refractivity contribution in [2.75, 3.05) is 12.3 Å². The average Bonchev–Trinajstić information content (AvgIpc) is 3.95. The van der Waals surface area contributed by atoms with Gasteiger partial charge in [0.15, 0.2) is 11.9 Å². The number of hydrogen-bond donors (Lipinski definition) is 2. The Bertz CT molecular complexity index is 1950. The van der Waals surface area contributed by atoms with Crippen molar-refractivity contribution in [3.63, 3.8) is 0 Å². The van der Waals surface area contributed by atoms with Crippen LogP contribution in [-0.2, 0) is 53.4 Å². The number of carbonyl (C=O) groups excluding carboxylic acids is 3. The molecule has 2 aliphatic carbocycles. The largest absolute Gasteiger partial charge is 0.464 e. The molecule has 17 heteroatoms.